The summed E-state index contributed by atoms with van der Waals surface area (Å²) >= 11 is 0. The van der Waals surface area contributed by atoms with Crippen molar-refractivity contribution in [1.82, 2.24) is 29.1 Å². The lowest BCUT2D eigenvalue weighted by Crippen LogP contribution is -2.14. The maximum absolute atomic E-state index is 15.6. The lowest BCUT2D eigenvalue weighted by atomic mass is 10.0. The summed E-state index contributed by atoms with van der Waals surface area (Å²) in [6, 6.07) is 32.6. The van der Waals surface area contributed by atoms with Gasteiger partial charge in [-0.1, -0.05) is 24.3 Å². The third kappa shape index (κ3) is 13.4. The quantitative estimate of drug-likeness (QED) is 0.0490. The Labute approximate surface area is 511 Å². The number of hydrogen-bond acceptors (Lipinski definition) is 14. The maximum Gasteiger partial charge on any atom is 0.335 e. The summed E-state index contributed by atoms with van der Waals surface area (Å²) < 4.78 is 146. The first-order chi connectivity index (χ1) is 43.0. The van der Waals surface area contributed by atoms with Gasteiger partial charge in [-0.2, -0.15) is 31.7 Å². The molecule has 0 saturated carbocycles. The predicted octanol–water partition coefficient (Wildman–Crippen LogP) is 13.9. The molecule has 2 atom stereocenters. The third-order valence-corrected chi connectivity index (χ3v) is 18.9. The Kier molecular flexibility index (Phi) is 17.4. The number of pyridine rings is 2. The van der Waals surface area contributed by atoms with Gasteiger partial charge in [0.2, 0.25) is 11.8 Å². The number of imidazole rings is 2. The number of aromatic carboxylic acids is 2. The van der Waals surface area contributed by atoms with E-state index in [1.54, 1.807) is 9.13 Å². The number of fused-ring (bicyclic) bond motifs is 2. The molecule has 18 nitrogen and oxygen atoms in total. The summed E-state index contributed by atoms with van der Waals surface area (Å²) in [6.07, 6.45) is 0.497. The molecule has 2 aliphatic rings. The molecule has 0 amide bonds. The van der Waals surface area contributed by atoms with E-state index < -0.39 is 80.1 Å². The molecule has 4 aromatic heterocycles. The van der Waals surface area contributed by atoms with Crippen LogP contribution < -0.4 is 9.47 Å². The number of carbonyl (C=O) groups is 2. The van der Waals surface area contributed by atoms with E-state index in [4.69, 9.17) is 20.0 Å². The summed E-state index contributed by atoms with van der Waals surface area (Å²) in [7, 11) is -5.66. The van der Waals surface area contributed by atoms with E-state index in [1.165, 1.54) is 97.1 Å². The summed E-state index contributed by atoms with van der Waals surface area (Å²) in [6.45, 7) is -0.399. The molecule has 0 aliphatic carbocycles. The minimum atomic E-state index is -2.83. The molecule has 12 rings (SSSR count). The molecule has 0 radical (unpaired) electrons. The van der Waals surface area contributed by atoms with Crippen molar-refractivity contribution in [3.63, 3.8) is 0 Å². The fraction of sp³-hybridized carbons (Fsp3) is 0.188. The highest BCUT2D eigenvalue weighted by atomic mass is 32.3. The van der Waals surface area contributed by atoms with Crippen LogP contribution in [0, 0.1) is 57.6 Å². The number of rotatable bonds is 16. The van der Waals surface area contributed by atoms with E-state index in [9.17, 15) is 46.8 Å². The second-order valence-corrected chi connectivity index (χ2v) is 26.1. The van der Waals surface area contributed by atoms with Gasteiger partial charge in [-0.25, -0.2) is 55.9 Å². The van der Waals surface area contributed by atoms with E-state index in [1.807, 2.05) is 12.1 Å². The van der Waals surface area contributed by atoms with Crippen LogP contribution in [0.4, 0.5) is 26.3 Å². The normalized spacial score (nSPS) is 16.4. The van der Waals surface area contributed by atoms with Gasteiger partial charge in [-0.05, 0) is 121 Å². The summed E-state index contributed by atoms with van der Waals surface area (Å²) in [5.41, 5.74) is 2.41. The molecule has 2 aliphatic heterocycles. The molecule has 6 heterocycles. The zero-order valence-corrected chi connectivity index (χ0v) is 48.5. The molecule has 6 aromatic carbocycles. The van der Waals surface area contributed by atoms with E-state index in [0.29, 0.717) is 46.6 Å². The molecule has 460 valence electrons. The van der Waals surface area contributed by atoms with Crippen LogP contribution in [-0.4, -0.2) is 92.4 Å². The fourth-order valence-electron chi connectivity index (χ4n) is 10.9. The van der Waals surface area contributed by atoms with Crippen molar-refractivity contribution in [3.05, 3.63) is 225 Å². The maximum atomic E-state index is 15.6. The molecule has 0 bridgehead atoms. The summed E-state index contributed by atoms with van der Waals surface area (Å²) in [5.74, 6) is -5.35. The molecule has 90 heavy (non-hydrogen) atoms. The van der Waals surface area contributed by atoms with Crippen molar-refractivity contribution < 1.29 is 73.8 Å². The number of carboxylic acids is 2. The van der Waals surface area contributed by atoms with Gasteiger partial charge in [0.25, 0.3) is 0 Å². The van der Waals surface area contributed by atoms with Gasteiger partial charge in [0, 0.05) is 58.7 Å². The molecule has 6 N–H and O–H groups in total. The molecule has 10 aromatic rings. The van der Waals surface area contributed by atoms with Crippen LogP contribution in [0.5, 0.6) is 11.8 Å². The first kappa shape index (κ1) is 61.8. The van der Waals surface area contributed by atoms with Crippen LogP contribution >= 0.6 is 21.2 Å². The Morgan fingerprint density at radius 1 is 0.500 bits per heavy atom. The van der Waals surface area contributed by atoms with Crippen molar-refractivity contribution >= 4 is 55.2 Å². The lowest BCUT2D eigenvalue weighted by Gasteiger charge is -2.26. The highest BCUT2D eigenvalue weighted by molar-refractivity contribution is 8.24. The van der Waals surface area contributed by atoms with Gasteiger partial charge in [0.05, 0.1) is 91.4 Å². The number of nitrogens with zero attached hydrogens (tertiary/aromatic N) is 8. The van der Waals surface area contributed by atoms with Gasteiger partial charge in [0.15, 0.2) is 0 Å². The number of carboxylic acid groups (broad SMARTS) is 2. The zero-order valence-electron chi connectivity index (χ0n) is 46.9. The van der Waals surface area contributed by atoms with Gasteiger partial charge in [-0.3, -0.25) is 18.2 Å². The Bertz CT molecular complexity index is 4310. The first-order valence-electron chi connectivity index (χ1n) is 27.5. The number of ether oxygens (including phenoxy) is 2. The molecule has 2 unspecified atom stereocenters. The molecule has 2 saturated heterocycles. The Balaban J connectivity index is 0.000000185. The standard InChI is InChI=1S/2C32H25F3N4O5S/c2*33-24-10-18(15-36)4-5-20(24)16-44-31-3-1-2-27(38-31)23-14-25(34)21(11-26(23)35)13-30-37-28-7-6-19(32(40)41)12-29(28)39(30)22-8-9-45(42,43)17-22/h2*1-7,10-12,14,22,42-43H,8-9,13,16-17H2,(H,40,41). The lowest BCUT2D eigenvalue weighted by molar-refractivity contribution is 0.0686. The van der Waals surface area contributed by atoms with Gasteiger partial charge >= 0.3 is 11.9 Å². The topological polar surface area (TPSA) is 283 Å². The van der Waals surface area contributed by atoms with Gasteiger partial charge < -0.3 is 28.8 Å². The highest BCUT2D eigenvalue weighted by Gasteiger charge is 2.34. The average molecular weight is 1270 g/mol. The van der Waals surface area contributed by atoms with Crippen molar-refractivity contribution in [2.24, 2.45) is 0 Å². The van der Waals surface area contributed by atoms with Crippen molar-refractivity contribution in [2.45, 2.75) is 51.0 Å². The monoisotopic (exact) mass is 1270 g/mol. The van der Waals surface area contributed by atoms with Crippen molar-refractivity contribution in [3.8, 4) is 46.4 Å². The SMILES string of the molecule is N#Cc1ccc(COc2cccc(-c3cc(F)c(Cc4nc5ccc(C(=O)O)cc5n4C4CCS(O)(O)C4)cc3F)n2)c(F)c1.N#Cc1ccc(COc2cccc(-c3cc(F)c(Cc4nc5ccc(C(=O)O)cc5n4C4CCS(O)(O)C4)cc3F)n2)c(F)c1. The van der Waals surface area contributed by atoms with Crippen LogP contribution in [0.2, 0.25) is 0 Å². The van der Waals surface area contributed by atoms with Gasteiger partial charge in [-0.15, -0.1) is 0 Å². The average Bonchev–Trinajstić information content (AvgIpc) is 1.62. The number of benzene rings is 6. The molecule has 26 heteroatoms. The van der Waals surface area contributed by atoms with Crippen molar-refractivity contribution in [1.29, 1.82) is 10.5 Å². The summed E-state index contributed by atoms with van der Waals surface area (Å²) in [5, 5.41) is 36.8. The molecule has 2 fully saturated rings. The second-order valence-electron chi connectivity index (χ2n) is 21.4. The van der Waals surface area contributed by atoms with Crippen LogP contribution in [-0.2, 0) is 26.1 Å². The Morgan fingerprint density at radius 3 is 1.26 bits per heavy atom. The first-order valence-corrected chi connectivity index (χ1v) is 31.3. The van der Waals surface area contributed by atoms with E-state index >= 15 is 17.6 Å². The Morgan fingerprint density at radius 2 is 0.900 bits per heavy atom. The Hall–Kier alpha value is -9.80. The van der Waals surface area contributed by atoms with Crippen LogP contribution in [0.25, 0.3) is 44.6 Å². The molecular formula is C64H50F6N8O10S2. The van der Waals surface area contributed by atoms with E-state index in [2.05, 4.69) is 19.9 Å². The third-order valence-electron chi connectivity index (χ3n) is 15.3. The minimum absolute atomic E-state index is 0.0143. The van der Waals surface area contributed by atoms with E-state index in [0.717, 1.165) is 36.4 Å². The second kappa shape index (κ2) is 25.4. The van der Waals surface area contributed by atoms with Crippen LogP contribution in [0.1, 0.15) is 90.7 Å². The van der Waals surface area contributed by atoms with Crippen LogP contribution in [0.15, 0.2) is 133 Å². The smallest absolute Gasteiger partial charge is 0.335 e. The van der Waals surface area contributed by atoms with Crippen molar-refractivity contribution in [2.75, 3.05) is 23.0 Å². The van der Waals surface area contributed by atoms with Gasteiger partial charge in [0.1, 0.15) is 59.8 Å². The highest BCUT2D eigenvalue weighted by Crippen LogP contribution is 2.52. The number of hydrogen-bond donors (Lipinski definition) is 6. The predicted molar refractivity (Wildman–Crippen MR) is 322 cm³/mol. The zero-order chi connectivity index (χ0) is 63.8. The number of aromatic nitrogens is 6. The minimum Gasteiger partial charge on any atom is -0.478 e. The largest absolute Gasteiger partial charge is 0.478 e. The fourth-order valence-corrected chi connectivity index (χ4v) is 14.4. The number of nitriles is 2. The molecular weight excluding hydrogens is 1220 g/mol. The number of halogens is 6. The summed E-state index contributed by atoms with van der Waals surface area (Å²) in [4.78, 5) is 40.9. The van der Waals surface area contributed by atoms with E-state index in [-0.39, 0.29) is 128 Å². The molecule has 0 spiro atoms. The van der Waals surface area contributed by atoms with Crippen LogP contribution in [0.3, 0.4) is 0 Å².